The molecular weight excluding hydrogens is 322 g/mol. The Hall–Kier alpha value is -1.07. The number of hydrogen-bond acceptors (Lipinski definition) is 4. The highest BCUT2D eigenvalue weighted by molar-refractivity contribution is 9.10. The fourth-order valence-corrected chi connectivity index (χ4v) is 3.51. The molecule has 2 aliphatic rings. The number of aldehydes is 1. The van der Waals surface area contributed by atoms with Gasteiger partial charge in [0.2, 0.25) is 0 Å². The Kier molecular flexibility index (Phi) is 4.27. The highest BCUT2D eigenvalue weighted by Gasteiger charge is 2.25. The van der Waals surface area contributed by atoms with Crippen LogP contribution in [0.25, 0.3) is 0 Å². The lowest BCUT2D eigenvalue weighted by molar-refractivity contribution is 0.111. The number of carbonyl (C=O) groups excluding carboxylic acids is 1. The Labute approximate surface area is 127 Å². The molecule has 1 atom stereocenters. The largest absolute Gasteiger partial charge is 0.486 e. The van der Waals surface area contributed by atoms with Gasteiger partial charge >= 0.3 is 0 Å². The van der Waals surface area contributed by atoms with Gasteiger partial charge in [-0.05, 0) is 44.3 Å². The van der Waals surface area contributed by atoms with Crippen LogP contribution < -0.4 is 14.8 Å². The molecule has 1 unspecified atom stereocenters. The van der Waals surface area contributed by atoms with Gasteiger partial charge in [0.15, 0.2) is 17.8 Å². The first kappa shape index (κ1) is 13.9. The predicted octanol–water partition coefficient (Wildman–Crippen LogP) is 2.57. The van der Waals surface area contributed by atoms with E-state index in [9.17, 15) is 4.79 Å². The van der Waals surface area contributed by atoms with E-state index < -0.39 is 0 Å². The second-order valence-corrected chi connectivity index (χ2v) is 6.17. The Morgan fingerprint density at radius 2 is 2.15 bits per heavy atom. The van der Waals surface area contributed by atoms with Gasteiger partial charge in [-0.1, -0.05) is 15.9 Å². The Bertz CT molecular complexity index is 512. The predicted molar refractivity (Wildman–Crippen MR) is 79.8 cm³/mol. The number of halogens is 1. The maximum atomic E-state index is 11.2. The van der Waals surface area contributed by atoms with Gasteiger partial charge in [-0.3, -0.25) is 4.79 Å². The molecule has 2 heterocycles. The lowest BCUT2D eigenvalue weighted by Crippen LogP contribution is -2.31. The van der Waals surface area contributed by atoms with Crippen molar-refractivity contribution in [2.45, 2.75) is 19.3 Å². The van der Waals surface area contributed by atoms with Gasteiger partial charge < -0.3 is 14.8 Å². The first-order valence-electron chi connectivity index (χ1n) is 7.06. The molecule has 1 fully saturated rings. The number of ether oxygens (including phenoxy) is 2. The summed E-state index contributed by atoms with van der Waals surface area (Å²) in [6, 6.07) is 1.84. The van der Waals surface area contributed by atoms with E-state index in [-0.39, 0.29) is 0 Å². The SMILES string of the molecule is O=Cc1cc(Br)c(CC2CCCNC2)c2c1OCCO2. The number of fused-ring (bicyclic) bond motifs is 1. The molecule has 0 amide bonds. The molecule has 20 heavy (non-hydrogen) atoms. The van der Waals surface area contributed by atoms with Gasteiger partial charge in [0.25, 0.3) is 0 Å². The summed E-state index contributed by atoms with van der Waals surface area (Å²) in [5.41, 5.74) is 1.68. The average molecular weight is 340 g/mol. The molecule has 0 spiro atoms. The van der Waals surface area contributed by atoms with Crippen LogP contribution in [0.15, 0.2) is 10.5 Å². The first-order chi connectivity index (χ1) is 9.79. The van der Waals surface area contributed by atoms with Crippen LogP contribution in [0.2, 0.25) is 0 Å². The van der Waals surface area contributed by atoms with E-state index in [1.54, 1.807) is 0 Å². The molecule has 0 bridgehead atoms. The molecule has 0 aromatic heterocycles. The van der Waals surface area contributed by atoms with Crippen LogP contribution in [0.4, 0.5) is 0 Å². The van der Waals surface area contributed by atoms with Crippen LogP contribution in [-0.4, -0.2) is 32.6 Å². The minimum absolute atomic E-state index is 0.500. The summed E-state index contributed by atoms with van der Waals surface area (Å²) >= 11 is 3.58. The van der Waals surface area contributed by atoms with E-state index in [1.807, 2.05) is 6.07 Å². The summed E-state index contributed by atoms with van der Waals surface area (Å²) in [5.74, 6) is 1.96. The van der Waals surface area contributed by atoms with Crippen molar-refractivity contribution in [3.63, 3.8) is 0 Å². The molecule has 0 aliphatic carbocycles. The Morgan fingerprint density at radius 3 is 2.85 bits per heavy atom. The van der Waals surface area contributed by atoms with Gasteiger partial charge in [-0.15, -0.1) is 0 Å². The molecule has 1 saturated heterocycles. The number of piperidine rings is 1. The van der Waals surface area contributed by atoms with Crippen LogP contribution in [0.5, 0.6) is 11.5 Å². The van der Waals surface area contributed by atoms with Crippen LogP contribution in [0.1, 0.15) is 28.8 Å². The van der Waals surface area contributed by atoms with Crippen molar-refractivity contribution in [1.29, 1.82) is 0 Å². The van der Waals surface area contributed by atoms with Gasteiger partial charge in [0.05, 0.1) is 5.56 Å². The van der Waals surface area contributed by atoms with Gasteiger partial charge in [-0.2, -0.15) is 0 Å². The average Bonchev–Trinajstić information content (AvgIpc) is 2.51. The zero-order valence-electron chi connectivity index (χ0n) is 11.3. The summed E-state index contributed by atoms with van der Waals surface area (Å²) < 4.78 is 12.4. The topological polar surface area (TPSA) is 47.6 Å². The summed E-state index contributed by atoms with van der Waals surface area (Å²) in [4.78, 5) is 11.2. The van der Waals surface area contributed by atoms with E-state index in [1.165, 1.54) is 12.8 Å². The van der Waals surface area contributed by atoms with Gasteiger partial charge in [-0.25, -0.2) is 0 Å². The second-order valence-electron chi connectivity index (χ2n) is 5.32. The summed E-state index contributed by atoms with van der Waals surface area (Å²) in [6.07, 6.45) is 4.21. The third-order valence-corrected chi connectivity index (χ3v) is 4.62. The first-order valence-corrected chi connectivity index (χ1v) is 7.85. The molecule has 1 aromatic carbocycles. The zero-order valence-corrected chi connectivity index (χ0v) is 12.9. The molecule has 2 aliphatic heterocycles. The van der Waals surface area contributed by atoms with E-state index in [2.05, 4.69) is 21.2 Å². The van der Waals surface area contributed by atoms with Crippen LogP contribution in [0, 0.1) is 5.92 Å². The Morgan fingerprint density at radius 1 is 1.35 bits per heavy atom. The minimum Gasteiger partial charge on any atom is -0.486 e. The molecule has 108 valence electrons. The highest BCUT2D eigenvalue weighted by atomic mass is 79.9. The molecule has 1 aromatic rings. The van der Waals surface area contributed by atoms with E-state index >= 15 is 0 Å². The van der Waals surface area contributed by atoms with Gasteiger partial charge in [0.1, 0.15) is 13.2 Å². The Balaban J connectivity index is 1.94. The third kappa shape index (κ3) is 2.69. The standard InChI is InChI=1S/C15H18BrNO3/c16-13-7-11(9-18)14-15(20-5-4-19-14)12(13)6-10-2-1-3-17-8-10/h7,9-10,17H,1-6,8H2. The smallest absolute Gasteiger partial charge is 0.172 e. The van der Waals surface area contributed by atoms with E-state index in [0.717, 1.165) is 41.6 Å². The lowest BCUT2D eigenvalue weighted by atomic mass is 9.91. The maximum Gasteiger partial charge on any atom is 0.172 e. The second kappa shape index (κ2) is 6.14. The summed E-state index contributed by atoms with van der Waals surface area (Å²) in [5, 5.41) is 3.43. The molecule has 5 heteroatoms. The van der Waals surface area contributed by atoms with Crippen molar-refractivity contribution in [3.8, 4) is 11.5 Å². The highest BCUT2D eigenvalue weighted by Crippen LogP contribution is 2.42. The molecule has 3 rings (SSSR count). The number of hydrogen-bond donors (Lipinski definition) is 1. The summed E-state index contributed by atoms with van der Waals surface area (Å²) in [7, 11) is 0. The van der Waals surface area contributed by atoms with E-state index in [0.29, 0.717) is 30.4 Å². The molecular formula is C15H18BrNO3. The van der Waals surface area contributed by atoms with E-state index in [4.69, 9.17) is 9.47 Å². The van der Waals surface area contributed by atoms with Crippen LogP contribution >= 0.6 is 15.9 Å². The van der Waals surface area contributed by atoms with Crippen LogP contribution in [-0.2, 0) is 6.42 Å². The lowest BCUT2D eigenvalue weighted by Gasteiger charge is -2.27. The number of benzene rings is 1. The fourth-order valence-electron chi connectivity index (χ4n) is 2.92. The number of carbonyl (C=O) groups is 1. The monoisotopic (exact) mass is 339 g/mol. The van der Waals surface area contributed by atoms with Crippen LogP contribution in [0.3, 0.4) is 0 Å². The fraction of sp³-hybridized carbons (Fsp3) is 0.533. The number of nitrogens with one attached hydrogen (secondary N) is 1. The molecule has 0 radical (unpaired) electrons. The van der Waals surface area contributed by atoms with Crippen molar-refractivity contribution in [2.24, 2.45) is 5.92 Å². The molecule has 0 saturated carbocycles. The maximum absolute atomic E-state index is 11.2. The van der Waals surface area contributed by atoms with Crippen molar-refractivity contribution >= 4 is 22.2 Å². The van der Waals surface area contributed by atoms with Gasteiger partial charge in [0, 0.05) is 10.0 Å². The van der Waals surface area contributed by atoms with Crippen molar-refractivity contribution in [1.82, 2.24) is 5.32 Å². The number of rotatable bonds is 3. The third-order valence-electron chi connectivity index (χ3n) is 3.91. The zero-order chi connectivity index (χ0) is 13.9. The molecule has 1 N–H and O–H groups in total. The van der Waals surface area contributed by atoms with Crippen molar-refractivity contribution in [3.05, 3.63) is 21.7 Å². The van der Waals surface area contributed by atoms with Crippen molar-refractivity contribution in [2.75, 3.05) is 26.3 Å². The van der Waals surface area contributed by atoms with Crippen molar-refractivity contribution < 1.29 is 14.3 Å². The quantitative estimate of drug-likeness (QED) is 0.860. The normalized spacial score (nSPS) is 21.6. The summed E-state index contributed by atoms with van der Waals surface area (Å²) in [6.45, 7) is 3.19. The minimum atomic E-state index is 0.500. The molecule has 4 nitrogen and oxygen atoms in total.